The molecule has 3 N–H and O–H groups in total. The fourth-order valence-electron chi connectivity index (χ4n) is 2.45. The molecule has 1 saturated carbocycles. The van der Waals surface area contributed by atoms with Crippen LogP contribution in [-0.2, 0) is 0 Å². The van der Waals surface area contributed by atoms with E-state index in [-0.39, 0.29) is 18.0 Å². The van der Waals surface area contributed by atoms with Gasteiger partial charge in [0.15, 0.2) is 0 Å². The number of nitrogens with zero attached hydrogens (tertiary/aromatic N) is 1. The molecule has 100 valence electrons. The van der Waals surface area contributed by atoms with Crippen LogP contribution in [-0.4, -0.2) is 24.8 Å². The van der Waals surface area contributed by atoms with E-state index in [1.54, 1.807) is 6.07 Å². The van der Waals surface area contributed by atoms with Gasteiger partial charge in [0.05, 0.1) is 11.8 Å². The van der Waals surface area contributed by atoms with E-state index in [1.807, 2.05) is 24.9 Å². The fraction of sp³-hybridized carbons (Fsp3) is 0.571. The first-order chi connectivity index (χ1) is 8.47. The fourth-order valence-corrected chi connectivity index (χ4v) is 2.45. The van der Waals surface area contributed by atoms with Crippen molar-refractivity contribution >= 4 is 5.69 Å². The van der Waals surface area contributed by atoms with Gasteiger partial charge in [-0.3, -0.25) is 0 Å². The second kappa shape index (κ2) is 5.24. The number of rotatable bonds is 4. The molecule has 2 rings (SSSR count). The summed E-state index contributed by atoms with van der Waals surface area (Å²) in [6.45, 7) is 2.62. The molecule has 1 aromatic carbocycles. The maximum atomic E-state index is 14.0. The van der Waals surface area contributed by atoms with Gasteiger partial charge in [-0.15, -0.1) is 0 Å². The zero-order valence-corrected chi connectivity index (χ0v) is 10.9. The van der Waals surface area contributed by atoms with E-state index < -0.39 is 0 Å². The Kier molecular flexibility index (Phi) is 3.88. The molecule has 0 aromatic heterocycles. The van der Waals surface area contributed by atoms with E-state index in [2.05, 4.69) is 0 Å². The predicted octanol–water partition coefficient (Wildman–Crippen LogP) is 2.05. The molecule has 0 aliphatic heterocycles. The van der Waals surface area contributed by atoms with Crippen molar-refractivity contribution in [3.05, 3.63) is 29.6 Å². The standard InChI is InChI=1S/C14H21FN2O/c1-9(16)11-3-4-14(13(15)7-11)17(2)8-10-5-12(18)6-10/h3-4,7,9-10,12,18H,5-6,8,16H2,1-2H3/t9-,10?,12?/m1/s1. The number of nitrogens with two attached hydrogens (primary N) is 1. The third-order valence-electron chi connectivity index (χ3n) is 3.65. The minimum Gasteiger partial charge on any atom is -0.393 e. The number of benzene rings is 1. The van der Waals surface area contributed by atoms with E-state index in [1.165, 1.54) is 6.07 Å². The highest BCUT2D eigenvalue weighted by Crippen LogP contribution is 2.30. The molecule has 0 radical (unpaired) electrons. The molecule has 3 nitrogen and oxygen atoms in total. The van der Waals surface area contributed by atoms with Crippen LogP contribution in [0, 0.1) is 11.7 Å². The molecule has 1 aliphatic rings. The Hall–Kier alpha value is -1.13. The van der Waals surface area contributed by atoms with Gasteiger partial charge >= 0.3 is 0 Å². The van der Waals surface area contributed by atoms with Gasteiger partial charge < -0.3 is 15.7 Å². The summed E-state index contributed by atoms with van der Waals surface area (Å²) < 4.78 is 14.0. The van der Waals surface area contributed by atoms with Crippen LogP contribution < -0.4 is 10.6 Å². The molecule has 4 heteroatoms. The summed E-state index contributed by atoms with van der Waals surface area (Å²) in [5, 5.41) is 9.25. The number of aliphatic hydroxyl groups excluding tert-OH is 1. The lowest BCUT2D eigenvalue weighted by molar-refractivity contribution is 0.0464. The van der Waals surface area contributed by atoms with Crippen molar-refractivity contribution in [2.24, 2.45) is 11.7 Å². The van der Waals surface area contributed by atoms with E-state index in [0.717, 1.165) is 24.9 Å². The van der Waals surface area contributed by atoms with Crippen LogP contribution in [0.4, 0.5) is 10.1 Å². The van der Waals surface area contributed by atoms with Crippen LogP contribution in [0.3, 0.4) is 0 Å². The summed E-state index contributed by atoms with van der Waals surface area (Å²) in [7, 11) is 1.88. The molecule has 0 unspecified atom stereocenters. The van der Waals surface area contributed by atoms with Crippen LogP contribution in [0.2, 0.25) is 0 Å². The minimum atomic E-state index is -0.229. The van der Waals surface area contributed by atoms with Gasteiger partial charge in [-0.05, 0) is 43.4 Å². The molecule has 1 atom stereocenters. The number of halogens is 1. The molecule has 0 saturated heterocycles. The zero-order chi connectivity index (χ0) is 13.3. The SMILES string of the molecule is C[C@@H](N)c1ccc(N(C)CC2CC(O)C2)c(F)c1. The van der Waals surface area contributed by atoms with Crippen LogP contribution in [0.5, 0.6) is 0 Å². The van der Waals surface area contributed by atoms with Crippen LogP contribution >= 0.6 is 0 Å². The lowest BCUT2D eigenvalue weighted by Gasteiger charge is -2.35. The second-order valence-electron chi connectivity index (χ2n) is 5.37. The summed E-state index contributed by atoms with van der Waals surface area (Å²) in [4.78, 5) is 1.91. The third kappa shape index (κ3) is 2.82. The molecule has 0 bridgehead atoms. The topological polar surface area (TPSA) is 49.5 Å². The number of hydrogen-bond donors (Lipinski definition) is 2. The normalized spacial score (nSPS) is 24.5. The Morgan fingerprint density at radius 3 is 2.67 bits per heavy atom. The van der Waals surface area contributed by atoms with E-state index in [4.69, 9.17) is 5.73 Å². The highest BCUT2D eigenvalue weighted by Gasteiger charge is 2.28. The summed E-state index contributed by atoms with van der Waals surface area (Å²) >= 11 is 0. The quantitative estimate of drug-likeness (QED) is 0.862. The first-order valence-corrected chi connectivity index (χ1v) is 6.41. The van der Waals surface area contributed by atoms with E-state index in [9.17, 15) is 9.50 Å². The van der Waals surface area contributed by atoms with Gasteiger partial charge in [0, 0.05) is 19.6 Å². The van der Waals surface area contributed by atoms with E-state index >= 15 is 0 Å². The Balaban J connectivity index is 2.03. The first kappa shape index (κ1) is 13.3. The molecular formula is C14H21FN2O. The van der Waals surface area contributed by atoms with Crippen molar-refractivity contribution < 1.29 is 9.50 Å². The molecule has 1 fully saturated rings. The highest BCUT2D eigenvalue weighted by molar-refractivity contribution is 5.49. The van der Waals surface area contributed by atoms with E-state index in [0.29, 0.717) is 11.6 Å². The zero-order valence-electron chi connectivity index (χ0n) is 10.9. The van der Waals surface area contributed by atoms with Gasteiger partial charge in [-0.1, -0.05) is 6.07 Å². The molecule has 0 spiro atoms. The average Bonchev–Trinajstić information content (AvgIpc) is 2.26. The van der Waals surface area contributed by atoms with Gasteiger partial charge in [0.25, 0.3) is 0 Å². The average molecular weight is 252 g/mol. The van der Waals surface area contributed by atoms with Gasteiger partial charge in [-0.2, -0.15) is 0 Å². The van der Waals surface area contributed by atoms with Crippen molar-refractivity contribution in [1.29, 1.82) is 0 Å². The van der Waals surface area contributed by atoms with Crippen molar-refractivity contribution in [2.45, 2.75) is 31.9 Å². The van der Waals surface area contributed by atoms with Gasteiger partial charge in [-0.25, -0.2) is 4.39 Å². The smallest absolute Gasteiger partial charge is 0.146 e. The molecule has 18 heavy (non-hydrogen) atoms. The summed E-state index contributed by atoms with van der Waals surface area (Å²) in [6.07, 6.45) is 1.49. The monoisotopic (exact) mass is 252 g/mol. The Labute approximate surface area is 107 Å². The summed E-state index contributed by atoms with van der Waals surface area (Å²) in [6, 6.07) is 5.00. The molecule has 1 aromatic rings. The van der Waals surface area contributed by atoms with Gasteiger partial charge in [0.1, 0.15) is 5.82 Å². The predicted molar refractivity (Wildman–Crippen MR) is 71.0 cm³/mol. The van der Waals surface area contributed by atoms with Crippen LogP contribution in [0.15, 0.2) is 18.2 Å². The van der Waals surface area contributed by atoms with Crippen LogP contribution in [0.1, 0.15) is 31.4 Å². The molecule has 0 heterocycles. The number of hydrogen-bond acceptors (Lipinski definition) is 3. The minimum absolute atomic E-state index is 0.152. The molecule has 1 aliphatic carbocycles. The lowest BCUT2D eigenvalue weighted by atomic mass is 9.82. The summed E-state index contributed by atoms with van der Waals surface area (Å²) in [5.74, 6) is 0.240. The first-order valence-electron chi connectivity index (χ1n) is 6.41. The van der Waals surface area contributed by atoms with Crippen molar-refractivity contribution in [3.63, 3.8) is 0 Å². The van der Waals surface area contributed by atoms with Gasteiger partial charge in [0.2, 0.25) is 0 Å². The van der Waals surface area contributed by atoms with Crippen molar-refractivity contribution in [3.8, 4) is 0 Å². The van der Waals surface area contributed by atoms with Crippen molar-refractivity contribution in [2.75, 3.05) is 18.5 Å². The summed E-state index contributed by atoms with van der Waals surface area (Å²) in [5.41, 5.74) is 7.13. The Bertz CT molecular complexity index is 416. The van der Waals surface area contributed by atoms with Crippen LogP contribution in [0.25, 0.3) is 0 Å². The maximum Gasteiger partial charge on any atom is 0.146 e. The third-order valence-corrected chi connectivity index (χ3v) is 3.65. The maximum absolute atomic E-state index is 14.0. The number of aliphatic hydroxyl groups is 1. The van der Waals surface area contributed by atoms with Crippen molar-refractivity contribution in [1.82, 2.24) is 0 Å². The largest absolute Gasteiger partial charge is 0.393 e. The Morgan fingerprint density at radius 1 is 1.50 bits per heavy atom. The highest BCUT2D eigenvalue weighted by atomic mass is 19.1. The second-order valence-corrected chi connectivity index (χ2v) is 5.37. The molecule has 0 amide bonds. The number of anilines is 1. The molecular weight excluding hydrogens is 231 g/mol. The lowest BCUT2D eigenvalue weighted by Crippen LogP contribution is -2.37. The Morgan fingerprint density at radius 2 is 2.17 bits per heavy atom.